The summed E-state index contributed by atoms with van der Waals surface area (Å²) in [5.41, 5.74) is 3.40. The predicted molar refractivity (Wildman–Crippen MR) is 284 cm³/mol. The first-order valence-electron chi connectivity index (χ1n) is 26.9. The number of amides is 2. The van der Waals surface area contributed by atoms with Gasteiger partial charge in [0.05, 0.1) is 23.5 Å². The highest BCUT2D eigenvalue weighted by Gasteiger charge is 2.36. The van der Waals surface area contributed by atoms with Crippen molar-refractivity contribution < 1.29 is 29.1 Å². The van der Waals surface area contributed by atoms with Crippen LogP contribution in [0.4, 0.5) is 11.5 Å². The van der Waals surface area contributed by atoms with Crippen LogP contribution in [-0.2, 0) is 9.59 Å². The second-order valence-electron chi connectivity index (χ2n) is 20.8. The van der Waals surface area contributed by atoms with Gasteiger partial charge in [-0.15, -0.1) is 10.2 Å². The van der Waals surface area contributed by atoms with E-state index in [0.29, 0.717) is 61.5 Å². The molecule has 7 heterocycles. The molecule has 0 aliphatic carbocycles. The second-order valence-corrected chi connectivity index (χ2v) is 20.8. The van der Waals surface area contributed by atoms with Crippen molar-refractivity contribution in [2.75, 3.05) is 115 Å². The number of aromatic hydroxyl groups is 1. The number of anilines is 2. The number of nitrogens with one attached hydrogen (secondary N) is 2. The van der Waals surface area contributed by atoms with Gasteiger partial charge in [0, 0.05) is 88.7 Å². The van der Waals surface area contributed by atoms with Crippen LogP contribution >= 0.6 is 0 Å². The average molecular weight is 1000 g/mol. The van der Waals surface area contributed by atoms with Crippen LogP contribution in [-0.4, -0.2) is 192 Å². The molecule has 5 aliphatic rings. The molecule has 2 aromatic carbocycles. The molecule has 2 unspecified atom stereocenters. The molecular weight excluding hydrogens is 923 g/mol. The third-order valence-corrected chi connectivity index (χ3v) is 15.6. The van der Waals surface area contributed by atoms with Crippen molar-refractivity contribution in [3.05, 3.63) is 78.1 Å². The van der Waals surface area contributed by atoms with Crippen LogP contribution in [0.15, 0.2) is 71.3 Å². The summed E-state index contributed by atoms with van der Waals surface area (Å²) < 4.78 is 11.6. The lowest BCUT2D eigenvalue weighted by molar-refractivity contribution is -0.133. The molecule has 2 aromatic heterocycles. The highest BCUT2D eigenvalue weighted by molar-refractivity contribution is 5.83. The second kappa shape index (κ2) is 26.4. The van der Waals surface area contributed by atoms with Crippen LogP contribution in [0, 0.1) is 23.7 Å². The minimum Gasteiger partial charge on any atom is -0.507 e. The summed E-state index contributed by atoms with van der Waals surface area (Å²) in [5.74, 6) is 8.20. The lowest BCUT2D eigenvalue weighted by atomic mass is 9.92. The van der Waals surface area contributed by atoms with Crippen LogP contribution in [0.2, 0.25) is 0 Å². The Morgan fingerprint density at radius 2 is 1.49 bits per heavy atom. The van der Waals surface area contributed by atoms with Gasteiger partial charge < -0.3 is 49.7 Å². The summed E-state index contributed by atoms with van der Waals surface area (Å²) in [4.78, 5) is 38.1. The van der Waals surface area contributed by atoms with Gasteiger partial charge in [0.1, 0.15) is 18.3 Å². The van der Waals surface area contributed by atoms with Crippen LogP contribution < -0.4 is 20.3 Å². The largest absolute Gasteiger partial charge is 0.507 e. The maximum Gasteiger partial charge on any atom is 0.254 e. The number of likely N-dealkylation sites (tertiary alicyclic amines) is 4. The monoisotopic (exact) mass is 1000 g/mol. The van der Waals surface area contributed by atoms with E-state index in [1.165, 1.54) is 71.2 Å². The number of phenols is 1. The Hall–Kier alpha value is -5.77. The average Bonchev–Trinajstić information content (AvgIpc) is 4.08. The third-order valence-electron chi connectivity index (χ3n) is 15.6. The van der Waals surface area contributed by atoms with Crippen LogP contribution in [0.1, 0.15) is 83.0 Å². The molecule has 4 aromatic rings. The third kappa shape index (κ3) is 14.7. The number of carbonyl (C=O) groups excluding carboxylic acids is 2. The van der Waals surface area contributed by atoms with Gasteiger partial charge in [0.25, 0.3) is 5.88 Å². The molecule has 5 aliphatic heterocycles. The minimum atomic E-state index is -0.446. The summed E-state index contributed by atoms with van der Waals surface area (Å²) in [6, 6.07) is 22.1. The van der Waals surface area contributed by atoms with E-state index in [-0.39, 0.29) is 23.6 Å². The Kier molecular flexibility index (Phi) is 19.4. The molecule has 2 amide bonds. The molecule has 0 bridgehead atoms. The van der Waals surface area contributed by atoms with Gasteiger partial charge in [-0.1, -0.05) is 56.0 Å². The number of aliphatic hydroxyl groups is 1. The van der Waals surface area contributed by atoms with E-state index < -0.39 is 12.0 Å². The summed E-state index contributed by atoms with van der Waals surface area (Å²) in [6.07, 6.45) is 8.41. The first-order chi connectivity index (χ1) is 35.5. The van der Waals surface area contributed by atoms with E-state index >= 15 is 0 Å². The summed E-state index contributed by atoms with van der Waals surface area (Å²) in [6.45, 7) is 20.5. The smallest absolute Gasteiger partial charge is 0.254 e. The van der Waals surface area contributed by atoms with Gasteiger partial charge in [-0.25, -0.2) is 0 Å². The molecule has 17 heteroatoms. The summed E-state index contributed by atoms with van der Waals surface area (Å²) in [5, 5.41) is 39.1. The number of hydrogen-bond acceptors (Lipinski definition) is 15. The van der Waals surface area contributed by atoms with E-state index in [4.69, 9.17) is 9.26 Å². The number of piperazine rings is 1. The van der Waals surface area contributed by atoms with Crippen molar-refractivity contribution in [2.45, 2.75) is 95.9 Å². The number of carbonyl (C=O) groups is 2. The van der Waals surface area contributed by atoms with Crippen LogP contribution in [0.25, 0.3) is 11.3 Å². The molecule has 5 fully saturated rings. The van der Waals surface area contributed by atoms with Crippen LogP contribution in [0.3, 0.4) is 0 Å². The van der Waals surface area contributed by atoms with Gasteiger partial charge in [-0.3, -0.25) is 19.4 Å². The normalized spacial score (nSPS) is 20.9. The lowest BCUT2D eigenvalue weighted by Gasteiger charge is -2.46. The van der Waals surface area contributed by atoms with E-state index in [1.54, 1.807) is 17.0 Å². The number of aliphatic hydroxyl groups excluding tert-OH is 1. The van der Waals surface area contributed by atoms with Gasteiger partial charge >= 0.3 is 0 Å². The maximum atomic E-state index is 13.2. The van der Waals surface area contributed by atoms with Gasteiger partial charge in [0.15, 0.2) is 11.6 Å². The number of nitrogens with zero attached hydrogens (tertiary/aromatic N) is 9. The Balaban J connectivity index is 0.000000477. The Morgan fingerprint density at radius 3 is 2.14 bits per heavy atom. The SMILES string of the molecule is CNc1nnc(-c2ccccc2O)cc1N1CCN(CC2CCN(C3CCN(C4CCN(CCOc5cc(C(C(=O)N6CCC(O)C6)C(C)C)on5)CC4)CC3)CC2)CC1.C[C@@H](C#Cc1ccccc1)NC=O. The Bertz CT molecular complexity index is 2400. The number of para-hydroxylation sites is 1. The van der Waals surface area contributed by atoms with Crippen LogP contribution in [0.5, 0.6) is 11.6 Å². The van der Waals surface area contributed by atoms with E-state index in [2.05, 4.69) is 68.4 Å². The summed E-state index contributed by atoms with van der Waals surface area (Å²) >= 11 is 0. The van der Waals surface area contributed by atoms with E-state index in [0.717, 1.165) is 74.8 Å². The minimum absolute atomic E-state index is 0.0123. The predicted octanol–water partition coefficient (Wildman–Crippen LogP) is 5.23. The highest BCUT2D eigenvalue weighted by Crippen LogP contribution is 2.34. The van der Waals surface area contributed by atoms with E-state index in [1.807, 2.05) is 76.3 Å². The first kappa shape index (κ1) is 53.5. The molecule has 9 rings (SSSR count). The Morgan fingerprint density at radius 1 is 0.822 bits per heavy atom. The molecule has 3 atom stereocenters. The molecule has 73 heavy (non-hydrogen) atoms. The fourth-order valence-corrected chi connectivity index (χ4v) is 11.3. The Labute approximate surface area is 432 Å². The molecule has 0 spiro atoms. The fraction of sp³-hybridized carbons (Fsp3) is 0.589. The van der Waals surface area contributed by atoms with Crippen molar-refractivity contribution in [3.8, 4) is 34.7 Å². The number of benzene rings is 2. The first-order valence-corrected chi connectivity index (χ1v) is 26.9. The van der Waals surface area contributed by atoms with Gasteiger partial charge in [-0.2, -0.15) is 0 Å². The summed E-state index contributed by atoms with van der Waals surface area (Å²) in [7, 11) is 1.89. The molecule has 5 saturated heterocycles. The fourth-order valence-electron chi connectivity index (χ4n) is 11.3. The molecule has 0 saturated carbocycles. The number of phenolic OH excluding ortho intramolecular Hbond substituents is 1. The number of rotatable bonds is 16. The number of piperidine rings is 3. The zero-order valence-corrected chi connectivity index (χ0v) is 43.6. The molecule has 17 nitrogen and oxygen atoms in total. The van der Waals surface area contributed by atoms with Crippen molar-refractivity contribution in [1.29, 1.82) is 0 Å². The number of β-amino-alcohol motifs (C(OH)–C–C–N with tert-alkyl or cyclic N) is 1. The number of ether oxygens (including phenoxy) is 1. The molecular formula is C56H79N11O6. The van der Waals surface area contributed by atoms with Crippen molar-refractivity contribution >= 4 is 23.8 Å². The highest BCUT2D eigenvalue weighted by atomic mass is 16.5. The standard InChI is InChI=1S/C45H68N10O5.C11H11NO/c1-32(2)43(45(58)55-21-14-36(56)31-55)41-29-42(49-60-41)59-27-26-50-15-10-34(11-16-50)53-19-12-35(13-20-53)52-17-8-33(9-18-52)30-51-22-24-54(25-23-51)39-28-38(47-48-44(39)46-3)37-6-4-5-7-40(37)57;1-10(12-9-13)7-8-11-5-3-2-4-6-11/h4-7,28-29,32-36,43,56-57H,8-27,30-31H2,1-3H3,(H,46,48);2-6,9-10H,1H3,(H,12,13)/t;10-/m.0/s1. The topological polar surface area (TPSA) is 179 Å². The maximum absolute atomic E-state index is 13.2. The zero-order valence-electron chi connectivity index (χ0n) is 43.6. The quantitative estimate of drug-likeness (QED) is 0.0847. The molecule has 4 N–H and O–H groups in total. The zero-order chi connectivity index (χ0) is 51.1. The van der Waals surface area contributed by atoms with E-state index in [9.17, 15) is 19.8 Å². The number of aromatic nitrogens is 3. The van der Waals surface area contributed by atoms with Gasteiger partial charge in [0.2, 0.25) is 12.3 Å². The van der Waals surface area contributed by atoms with Crippen molar-refractivity contribution in [3.63, 3.8) is 0 Å². The molecule has 394 valence electrons. The lowest BCUT2D eigenvalue weighted by Crippen LogP contribution is -2.53. The van der Waals surface area contributed by atoms with Gasteiger partial charge in [-0.05, 0) is 138 Å². The number of hydrogen-bond donors (Lipinski definition) is 4. The van der Waals surface area contributed by atoms with Crippen molar-refractivity contribution in [2.24, 2.45) is 11.8 Å². The van der Waals surface area contributed by atoms with Crippen molar-refractivity contribution in [1.82, 2.24) is 45.2 Å². The molecule has 0 radical (unpaired) electrons.